The molecule has 0 radical (unpaired) electrons. The Kier molecular flexibility index (Phi) is 3.62. The molecule has 1 aliphatic heterocycles. The highest BCUT2D eigenvalue weighted by atomic mass is 16.5. The van der Waals surface area contributed by atoms with Crippen LogP contribution in [0.3, 0.4) is 0 Å². The van der Waals surface area contributed by atoms with E-state index in [9.17, 15) is 0 Å². The van der Waals surface area contributed by atoms with E-state index in [4.69, 9.17) is 9.47 Å². The molecular weight excluding hydrogens is 204 g/mol. The van der Waals surface area contributed by atoms with E-state index in [1.807, 2.05) is 12.1 Å². The second kappa shape index (κ2) is 5.16. The molecule has 0 aliphatic carbocycles. The minimum absolute atomic E-state index is 0.415. The van der Waals surface area contributed by atoms with E-state index in [0.717, 1.165) is 25.3 Å². The second-order valence-electron chi connectivity index (χ2n) is 4.15. The lowest BCUT2D eigenvalue weighted by Gasteiger charge is -2.20. The lowest BCUT2D eigenvalue weighted by Crippen LogP contribution is -2.26. The molecule has 1 aromatic rings. The first kappa shape index (κ1) is 11.2. The maximum atomic E-state index is 5.38. The van der Waals surface area contributed by atoms with Crippen LogP contribution in [0.4, 0.5) is 5.69 Å². The van der Waals surface area contributed by atoms with E-state index in [0.29, 0.717) is 17.8 Å². The van der Waals surface area contributed by atoms with Crippen molar-refractivity contribution in [2.75, 3.05) is 25.6 Å². The number of pyridine rings is 1. The van der Waals surface area contributed by atoms with Crippen molar-refractivity contribution in [1.82, 2.24) is 4.98 Å². The smallest absolute Gasteiger partial charge is 0.213 e. The van der Waals surface area contributed by atoms with Gasteiger partial charge >= 0.3 is 0 Å². The van der Waals surface area contributed by atoms with Gasteiger partial charge in [-0.15, -0.1) is 0 Å². The lowest BCUT2D eigenvalue weighted by molar-refractivity contribution is 0.183. The molecule has 1 fully saturated rings. The van der Waals surface area contributed by atoms with Crippen LogP contribution in [0.15, 0.2) is 18.3 Å². The summed E-state index contributed by atoms with van der Waals surface area (Å²) in [4.78, 5) is 4.16. The Balaban J connectivity index is 1.92. The van der Waals surface area contributed by atoms with Gasteiger partial charge in [0.1, 0.15) is 0 Å². The largest absolute Gasteiger partial charge is 0.481 e. The average molecular weight is 222 g/mol. The van der Waals surface area contributed by atoms with Crippen LogP contribution in [-0.4, -0.2) is 31.3 Å². The van der Waals surface area contributed by atoms with Crippen LogP contribution in [0.1, 0.15) is 13.3 Å². The van der Waals surface area contributed by atoms with Gasteiger partial charge in [-0.3, -0.25) is 0 Å². The van der Waals surface area contributed by atoms with E-state index < -0.39 is 0 Å². The van der Waals surface area contributed by atoms with Crippen molar-refractivity contribution in [3.05, 3.63) is 18.3 Å². The van der Waals surface area contributed by atoms with Crippen molar-refractivity contribution < 1.29 is 9.47 Å². The van der Waals surface area contributed by atoms with Crippen molar-refractivity contribution in [1.29, 1.82) is 0 Å². The van der Waals surface area contributed by atoms with Gasteiger partial charge in [0.2, 0.25) is 5.88 Å². The van der Waals surface area contributed by atoms with Gasteiger partial charge in [-0.25, -0.2) is 4.98 Å². The molecule has 1 N–H and O–H groups in total. The number of nitrogens with one attached hydrogen (secondary N) is 1. The van der Waals surface area contributed by atoms with Crippen LogP contribution in [0.5, 0.6) is 5.88 Å². The Labute approximate surface area is 96.0 Å². The number of methoxy groups -OCH3 is 1. The minimum Gasteiger partial charge on any atom is -0.481 e. The first-order chi connectivity index (χ1) is 7.79. The van der Waals surface area contributed by atoms with Crippen molar-refractivity contribution in [2.24, 2.45) is 5.92 Å². The van der Waals surface area contributed by atoms with Crippen molar-refractivity contribution in [3.8, 4) is 5.88 Å². The highest BCUT2D eigenvalue weighted by Crippen LogP contribution is 2.20. The van der Waals surface area contributed by atoms with Gasteiger partial charge in [0.15, 0.2) is 0 Å². The second-order valence-corrected chi connectivity index (χ2v) is 4.15. The molecule has 0 saturated carbocycles. The molecule has 16 heavy (non-hydrogen) atoms. The van der Waals surface area contributed by atoms with Gasteiger partial charge in [-0.2, -0.15) is 0 Å². The zero-order chi connectivity index (χ0) is 11.4. The zero-order valence-corrected chi connectivity index (χ0v) is 9.77. The monoisotopic (exact) mass is 222 g/mol. The summed E-state index contributed by atoms with van der Waals surface area (Å²) < 4.78 is 10.4. The van der Waals surface area contributed by atoms with E-state index >= 15 is 0 Å². The molecule has 0 amide bonds. The number of rotatable bonds is 4. The summed E-state index contributed by atoms with van der Waals surface area (Å²) in [6.07, 6.45) is 2.93. The van der Waals surface area contributed by atoms with E-state index in [1.54, 1.807) is 13.3 Å². The van der Waals surface area contributed by atoms with Gasteiger partial charge in [0.05, 0.1) is 25.6 Å². The molecule has 2 unspecified atom stereocenters. The van der Waals surface area contributed by atoms with Gasteiger partial charge in [0, 0.05) is 24.6 Å². The minimum atomic E-state index is 0.415. The summed E-state index contributed by atoms with van der Waals surface area (Å²) in [6, 6.07) is 4.26. The Hall–Kier alpha value is -1.29. The molecule has 0 bridgehead atoms. The van der Waals surface area contributed by atoms with Crippen molar-refractivity contribution in [2.45, 2.75) is 19.4 Å². The maximum absolute atomic E-state index is 5.38. The van der Waals surface area contributed by atoms with Crippen LogP contribution in [0.25, 0.3) is 0 Å². The predicted octanol–water partition coefficient (Wildman–Crippen LogP) is 1.93. The summed E-state index contributed by atoms with van der Waals surface area (Å²) in [5.41, 5.74) is 1.03. The number of aromatic nitrogens is 1. The predicted molar refractivity (Wildman–Crippen MR) is 62.8 cm³/mol. The molecule has 2 atom stereocenters. The fourth-order valence-corrected chi connectivity index (χ4v) is 1.91. The molecule has 0 spiro atoms. The highest BCUT2D eigenvalue weighted by Gasteiger charge is 2.21. The molecule has 4 heteroatoms. The van der Waals surface area contributed by atoms with Gasteiger partial charge in [-0.1, -0.05) is 0 Å². The number of anilines is 1. The highest BCUT2D eigenvalue weighted by molar-refractivity contribution is 5.42. The normalized spacial score (nSPS) is 21.8. The Morgan fingerprint density at radius 2 is 2.44 bits per heavy atom. The quantitative estimate of drug-likeness (QED) is 0.845. The molecular formula is C12H18N2O2. The van der Waals surface area contributed by atoms with E-state index in [-0.39, 0.29) is 0 Å². The third kappa shape index (κ3) is 2.64. The topological polar surface area (TPSA) is 43.4 Å². The van der Waals surface area contributed by atoms with Crippen LogP contribution in [0, 0.1) is 5.92 Å². The molecule has 4 nitrogen and oxygen atoms in total. The fraction of sp³-hybridized carbons (Fsp3) is 0.583. The van der Waals surface area contributed by atoms with E-state index in [2.05, 4.69) is 17.2 Å². The Bertz CT molecular complexity index is 320. The molecule has 0 aromatic carbocycles. The summed E-state index contributed by atoms with van der Waals surface area (Å²) in [5.74, 6) is 1.24. The fourth-order valence-electron chi connectivity index (χ4n) is 1.91. The maximum Gasteiger partial charge on any atom is 0.213 e. The first-order valence-corrected chi connectivity index (χ1v) is 5.64. The number of ether oxygens (including phenoxy) is 2. The Morgan fingerprint density at radius 3 is 3.00 bits per heavy atom. The summed E-state index contributed by atoms with van der Waals surface area (Å²) >= 11 is 0. The summed E-state index contributed by atoms with van der Waals surface area (Å²) in [5, 5.41) is 3.44. The third-order valence-corrected chi connectivity index (χ3v) is 3.01. The standard InChI is InChI=1S/C12H18N2O2/c1-9(10-5-6-16-8-10)14-11-3-4-12(15-2)13-7-11/h3-4,7,9-10,14H,5-6,8H2,1-2H3. The zero-order valence-electron chi connectivity index (χ0n) is 9.77. The van der Waals surface area contributed by atoms with Gasteiger partial charge in [0.25, 0.3) is 0 Å². The molecule has 1 aliphatic rings. The van der Waals surface area contributed by atoms with Gasteiger partial charge < -0.3 is 14.8 Å². The first-order valence-electron chi connectivity index (χ1n) is 5.64. The van der Waals surface area contributed by atoms with Gasteiger partial charge in [-0.05, 0) is 19.4 Å². The molecule has 1 saturated heterocycles. The number of hydrogen-bond donors (Lipinski definition) is 1. The molecule has 2 heterocycles. The SMILES string of the molecule is COc1ccc(NC(C)C2CCOC2)cn1. The lowest BCUT2D eigenvalue weighted by atomic mass is 10.0. The third-order valence-electron chi connectivity index (χ3n) is 3.01. The molecule has 88 valence electrons. The van der Waals surface area contributed by atoms with Crippen LogP contribution < -0.4 is 10.1 Å². The molecule has 2 rings (SSSR count). The Morgan fingerprint density at radius 1 is 1.56 bits per heavy atom. The molecule has 1 aromatic heterocycles. The number of nitrogens with zero attached hydrogens (tertiary/aromatic N) is 1. The van der Waals surface area contributed by atoms with Crippen molar-refractivity contribution >= 4 is 5.69 Å². The van der Waals surface area contributed by atoms with E-state index in [1.165, 1.54) is 0 Å². The van der Waals surface area contributed by atoms with Crippen LogP contribution in [-0.2, 0) is 4.74 Å². The van der Waals surface area contributed by atoms with Crippen LogP contribution >= 0.6 is 0 Å². The van der Waals surface area contributed by atoms with Crippen molar-refractivity contribution in [3.63, 3.8) is 0 Å². The van der Waals surface area contributed by atoms with Crippen LogP contribution in [0.2, 0.25) is 0 Å². The average Bonchev–Trinajstić information content (AvgIpc) is 2.83. The summed E-state index contributed by atoms with van der Waals surface area (Å²) in [7, 11) is 1.62. The number of hydrogen-bond acceptors (Lipinski definition) is 4. The summed E-state index contributed by atoms with van der Waals surface area (Å²) in [6.45, 7) is 3.93.